The van der Waals surface area contributed by atoms with Crippen LogP contribution in [0, 0.1) is 13.8 Å². The molecule has 0 saturated carbocycles. The van der Waals surface area contributed by atoms with E-state index in [4.69, 9.17) is 16.1 Å². The van der Waals surface area contributed by atoms with Crippen LogP contribution in [0.5, 0.6) is 0 Å². The number of nitrogens with zero attached hydrogens (tertiary/aromatic N) is 3. The van der Waals surface area contributed by atoms with Crippen LogP contribution in [0.25, 0.3) is 11.3 Å². The number of anilines is 1. The average Bonchev–Trinajstić information content (AvgIpc) is 3.30. The van der Waals surface area contributed by atoms with Crippen LogP contribution in [-0.4, -0.2) is 20.8 Å². The van der Waals surface area contributed by atoms with Crippen LogP contribution in [0.15, 0.2) is 65.2 Å². The lowest BCUT2D eigenvalue weighted by molar-refractivity contribution is 0.101. The first-order valence-electron chi connectivity index (χ1n) is 9.13. The Hall–Kier alpha value is -3.38. The van der Waals surface area contributed by atoms with Crippen molar-refractivity contribution in [3.8, 4) is 11.3 Å². The third-order valence-electron chi connectivity index (χ3n) is 4.65. The Morgan fingerprint density at radius 1 is 1.10 bits per heavy atom. The number of rotatable bonds is 5. The molecule has 0 fully saturated rings. The van der Waals surface area contributed by atoms with Crippen molar-refractivity contribution < 1.29 is 9.32 Å². The van der Waals surface area contributed by atoms with Crippen molar-refractivity contribution in [2.75, 3.05) is 5.32 Å². The van der Waals surface area contributed by atoms with E-state index >= 15 is 0 Å². The molecule has 146 valence electrons. The van der Waals surface area contributed by atoms with Gasteiger partial charge in [-0.05, 0) is 31.5 Å². The Labute approximate surface area is 173 Å². The van der Waals surface area contributed by atoms with Gasteiger partial charge in [-0.3, -0.25) is 9.48 Å². The van der Waals surface area contributed by atoms with Crippen LogP contribution in [0.3, 0.4) is 0 Å². The van der Waals surface area contributed by atoms with Crippen molar-refractivity contribution in [3.05, 3.63) is 88.3 Å². The molecule has 1 amide bonds. The summed E-state index contributed by atoms with van der Waals surface area (Å²) in [5.41, 5.74) is 4.38. The normalized spacial score (nSPS) is 10.9. The van der Waals surface area contributed by atoms with Gasteiger partial charge in [0.15, 0.2) is 11.5 Å². The Morgan fingerprint density at radius 3 is 2.66 bits per heavy atom. The molecule has 0 saturated heterocycles. The van der Waals surface area contributed by atoms with Gasteiger partial charge in [-0.25, -0.2) is 0 Å². The van der Waals surface area contributed by atoms with Gasteiger partial charge >= 0.3 is 0 Å². The summed E-state index contributed by atoms with van der Waals surface area (Å²) >= 11 is 6.02. The van der Waals surface area contributed by atoms with Crippen LogP contribution < -0.4 is 5.32 Å². The number of halogens is 1. The van der Waals surface area contributed by atoms with Crippen molar-refractivity contribution in [2.45, 2.75) is 20.4 Å². The van der Waals surface area contributed by atoms with Gasteiger partial charge in [0.25, 0.3) is 5.91 Å². The van der Waals surface area contributed by atoms with Gasteiger partial charge in [-0.1, -0.05) is 59.2 Å². The van der Waals surface area contributed by atoms with Crippen LogP contribution in [0.2, 0.25) is 5.02 Å². The summed E-state index contributed by atoms with van der Waals surface area (Å²) in [7, 11) is 0. The predicted octanol–water partition coefficient (Wildman–Crippen LogP) is 5.11. The first-order valence-corrected chi connectivity index (χ1v) is 9.51. The predicted molar refractivity (Wildman–Crippen MR) is 112 cm³/mol. The third-order valence-corrected chi connectivity index (χ3v) is 4.88. The highest BCUT2D eigenvalue weighted by Gasteiger charge is 2.19. The Kier molecular flexibility index (Phi) is 5.18. The summed E-state index contributed by atoms with van der Waals surface area (Å²) in [5.74, 6) is 0.123. The molecule has 7 heteroatoms. The second kappa shape index (κ2) is 7.93. The molecule has 0 spiro atoms. The number of aromatic nitrogens is 3. The minimum atomic E-state index is -0.354. The maximum absolute atomic E-state index is 12.7. The van der Waals surface area contributed by atoms with E-state index in [1.807, 2.05) is 61.0 Å². The molecule has 0 radical (unpaired) electrons. The van der Waals surface area contributed by atoms with Gasteiger partial charge in [0, 0.05) is 16.7 Å². The van der Waals surface area contributed by atoms with Crippen LogP contribution in [-0.2, 0) is 6.54 Å². The van der Waals surface area contributed by atoms with Crippen molar-refractivity contribution in [3.63, 3.8) is 0 Å². The second-order valence-corrected chi connectivity index (χ2v) is 7.17. The topological polar surface area (TPSA) is 73.0 Å². The standard InChI is InChI=1S/C22H19ClN4O2/c1-14-21(15(2)27(25-14)13-16-7-4-3-5-8-16)24-22(28)19-12-20(29-26-19)17-9-6-10-18(23)11-17/h3-12H,13H2,1-2H3,(H,24,28). The zero-order valence-electron chi connectivity index (χ0n) is 16.0. The molecule has 0 atom stereocenters. The molecule has 1 N–H and O–H groups in total. The van der Waals surface area contributed by atoms with Gasteiger partial charge in [-0.15, -0.1) is 0 Å². The number of amides is 1. The van der Waals surface area contributed by atoms with Gasteiger partial charge < -0.3 is 9.84 Å². The van der Waals surface area contributed by atoms with E-state index in [1.54, 1.807) is 18.2 Å². The molecular weight excluding hydrogens is 388 g/mol. The van der Waals surface area contributed by atoms with Gasteiger partial charge in [0.05, 0.1) is 23.6 Å². The number of benzene rings is 2. The largest absolute Gasteiger partial charge is 0.355 e. The van der Waals surface area contributed by atoms with E-state index in [0.29, 0.717) is 23.0 Å². The minimum Gasteiger partial charge on any atom is -0.355 e. The maximum Gasteiger partial charge on any atom is 0.277 e. The SMILES string of the molecule is Cc1nn(Cc2ccccc2)c(C)c1NC(=O)c1cc(-c2cccc(Cl)c2)on1. The molecule has 0 bridgehead atoms. The smallest absolute Gasteiger partial charge is 0.277 e. The van der Waals surface area contributed by atoms with Gasteiger partial charge in [0.1, 0.15) is 0 Å². The zero-order valence-corrected chi connectivity index (χ0v) is 16.8. The first-order chi connectivity index (χ1) is 14.0. The highest BCUT2D eigenvalue weighted by molar-refractivity contribution is 6.30. The summed E-state index contributed by atoms with van der Waals surface area (Å²) in [5, 5.41) is 11.9. The molecule has 0 aliphatic rings. The molecule has 29 heavy (non-hydrogen) atoms. The molecule has 4 aromatic rings. The van der Waals surface area contributed by atoms with Gasteiger partial charge in [-0.2, -0.15) is 5.10 Å². The number of aryl methyl sites for hydroxylation is 1. The van der Waals surface area contributed by atoms with Crippen LogP contribution in [0.4, 0.5) is 5.69 Å². The Bertz CT molecular complexity index is 1160. The van der Waals surface area contributed by atoms with Crippen molar-refractivity contribution >= 4 is 23.2 Å². The molecule has 6 nitrogen and oxygen atoms in total. The lowest BCUT2D eigenvalue weighted by Crippen LogP contribution is -2.13. The molecule has 2 aromatic heterocycles. The summed E-state index contributed by atoms with van der Waals surface area (Å²) in [4.78, 5) is 12.7. The van der Waals surface area contributed by atoms with Crippen LogP contribution in [0.1, 0.15) is 27.4 Å². The Morgan fingerprint density at radius 2 is 1.90 bits per heavy atom. The highest BCUT2D eigenvalue weighted by atomic mass is 35.5. The molecule has 2 heterocycles. The van der Waals surface area contributed by atoms with Gasteiger partial charge in [0.2, 0.25) is 0 Å². The molecule has 0 aliphatic carbocycles. The number of carbonyl (C=O) groups excluding carboxylic acids is 1. The summed E-state index contributed by atoms with van der Waals surface area (Å²) in [6.45, 7) is 4.43. The average molecular weight is 407 g/mol. The van der Waals surface area contributed by atoms with Crippen molar-refractivity contribution in [1.82, 2.24) is 14.9 Å². The van der Waals surface area contributed by atoms with E-state index in [1.165, 1.54) is 0 Å². The zero-order chi connectivity index (χ0) is 20.4. The molecular formula is C22H19ClN4O2. The number of nitrogens with one attached hydrogen (secondary N) is 1. The minimum absolute atomic E-state index is 0.189. The van der Waals surface area contributed by atoms with E-state index < -0.39 is 0 Å². The fourth-order valence-electron chi connectivity index (χ4n) is 3.13. The molecule has 4 rings (SSSR count). The van der Waals surface area contributed by atoms with Crippen molar-refractivity contribution in [2.24, 2.45) is 0 Å². The van der Waals surface area contributed by atoms with E-state index in [2.05, 4.69) is 15.6 Å². The fourth-order valence-corrected chi connectivity index (χ4v) is 3.32. The molecule has 0 aliphatic heterocycles. The summed E-state index contributed by atoms with van der Waals surface area (Å²) in [6, 6.07) is 18.8. The first kappa shape index (κ1) is 19.0. The highest BCUT2D eigenvalue weighted by Crippen LogP contribution is 2.25. The summed E-state index contributed by atoms with van der Waals surface area (Å²) in [6.07, 6.45) is 0. The third kappa shape index (κ3) is 4.07. The van der Waals surface area contributed by atoms with E-state index in [-0.39, 0.29) is 11.6 Å². The maximum atomic E-state index is 12.7. The van der Waals surface area contributed by atoms with Crippen LogP contribution >= 0.6 is 11.6 Å². The second-order valence-electron chi connectivity index (χ2n) is 6.73. The Balaban J connectivity index is 1.53. The number of hydrogen-bond acceptors (Lipinski definition) is 4. The summed E-state index contributed by atoms with van der Waals surface area (Å²) < 4.78 is 7.19. The monoisotopic (exact) mass is 406 g/mol. The van der Waals surface area contributed by atoms with E-state index in [9.17, 15) is 4.79 Å². The fraction of sp³-hybridized carbons (Fsp3) is 0.136. The molecule has 0 unspecified atom stereocenters. The quantitative estimate of drug-likeness (QED) is 0.500. The lowest BCUT2D eigenvalue weighted by Gasteiger charge is -2.06. The lowest BCUT2D eigenvalue weighted by atomic mass is 10.1. The molecule has 2 aromatic carbocycles. The van der Waals surface area contributed by atoms with E-state index in [0.717, 1.165) is 22.5 Å². The number of hydrogen-bond donors (Lipinski definition) is 1. The number of carbonyl (C=O) groups is 1. The van der Waals surface area contributed by atoms with Crippen molar-refractivity contribution in [1.29, 1.82) is 0 Å².